The van der Waals surface area contributed by atoms with E-state index in [4.69, 9.17) is 16.3 Å². The third kappa shape index (κ3) is 2.82. The molecule has 4 nitrogen and oxygen atoms in total. The highest BCUT2D eigenvalue weighted by molar-refractivity contribution is 6.31. The predicted molar refractivity (Wildman–Crippen MR) is 63.1 cm³/mol. The summed E-state index contributed by atoms with van der Waals surface area (Å²) in [4.78, 5) is 7.96. The number of ether oxygens (including phenoxy) is 1. The lowest BCUT2D eigenvalue weighted by Crippen LogP contribution is -1.98. The molecule has 0 saturated heterocycles. The Morgan fingerprint density at radius 3 is 2.65 bits per heavy atom. The van der Waals surface area contributed by atoms with Gasteiger partial charge in [-0.05, 0) is 24.3 Å². The van der Waals surface area contributed by atoms with Gasteiger partial charge in [0.15, 0.2) is 0 Å². The van der Waals surface area contributed by atoms with Gasteiger partial charge in [-0.15, -0.1) is 0 Å². The van der Waals surface area contributed by atoms with E-state index in [1.54, 1.807) is 7.05 Å². The van der Waals surface area contributed by atoms with E-state index in [1.165, 1.54) is 30.5 Å². The van der Waals surface area contributed by atoms with Crippen molar-refractivity contribution in [1.82, 2.24) is 9.97 Å². The first-order valence-electron chi connectivity index (χ1n) is 4.83. The summed E-state index contributed by atoms with van der Waals surface area (Å²) in [5.74, 6) is 0.736. The lowest BCUT2D eigenvalue weighted by atomic mass is 10.3. The topological polar surface area (TPSA) is 47.0 Å². The standard InChI is InChI=1S/C11H9ClFN3O/c1-14-11-15-6-9(12)10(16-11)17-8-4-2-7(13)3-5-8/h2-6H,1H3,(H,14,15,16). The maximum absolute atomic E-state index is 12.7. The van der Waals surface area contributed by atoms with Crippen LogP contribution in [0.4, 0.5) is 10.3 Å². The summed E-state index contributed by atoms with van der Waals surface area (Å²) < 4.78 is 18.1. The van der Waals surface area contributed by atoms with Gasteiger partial charge in [0.1, 0.15) is 16.6 Å². The number of aromatic nitrogens is 2. The lowest BCUT2D eigenvalue weighted by molar-refractivity contribution is 0.461. The molecule has 2 aromatic rings. The largest absolute Gasteiger partial charge is 0.437 e. The summed E-state index contributed by atoms with van der Waals surface area (Å²) in [6.45, 7) is 0. The van der Waals surface area contributed by atoms with Crippen LogP contribution in [-0.2, 0) is 0 Å². The SMILES string of the molecule is CNc1ncc(Cl)c(Oc2ccc(F)cc2)n1. The number of halogens is 2. The average molecular weight is 254 g/mol. The zero-order valence-electron chi connectivity index (χ0n) is 8.95. The molecule has 0 fully saturated rings. The first-order chi connectivity index (χ1) is 8.19. The first-order valence-corrected chi connectivity index (χ1v) is 5.20. The summed E-state index contributed by atoms with van der Waals surface area (Å²) in [6, 6.07) is 5.58. The van der Waals surface area contributed by atoms with E-state index in [0.717, 1.165) is 0 Å². The van der Waals surface area contributed by atoms with Crippen LogP contribution >= 0.6 is 11.6 Å². The van der Waals surface area contributed by atoms with Gasteiger partial charge in [0.05, 0.1) is 6.20 Å². The van der Waals surface area contributed by atoms with Crippen molar-refractivity contribution in [3.05, 3.63) is 41.3 Å². The normalized spacial score (nSPS) is 10.1. The number of benzene rings is 1. The molecule has 6 heteroatoms. The van der Waals surface area contributed by atoms with Crippen LogP contribution in [0, 0.1) is 5.82 Å². The third-order valence-electron chi connectivity index (χ3n) is 1.96. The molecule has 0 aliphatic heterocycles. The molecule has 17 heavy (non-hydrogen) atoms. The van der Waals surface area contributed by atoms with E-state index in [-0.39, 0.29) is 16.7 Å². The van der Waals surface area contributed by atoms with E-state index >= 15 is 0 Å². The van der Waals surface area contributed by atoms with E-state index in [2.05, 4.69) is 15.3 Å². The molecule has 0 radical (unpaired) electrons. The molecule has 0 bridgehead atoms. The van der Waals surface area contributed by atoms with Crippen molar-refractivity contribution in [3.63, 3.8) is 0 Å². The number of hydrogen-bond acceptors (Lipinski definition) is 4. The molecule has 1 N–H and O–H groups in total. The quantitative estimate of drug-likeness (QED) is 0.913. The maximum Gasteiger partial charge on any atom is 0.243 e. The molecule has 0 saturated carbocycles. The smallest absolute Gasteiger partial charge is 0.243 e. The highest BCUT2D eigenvalue weighted by Gasteiger charge is 2.07. The van der Waals surface area contributed by atoms with Gasteiger partial charge >= 0.3 is 0 Å². The van der Waals surface area contributed by atoms with Crippen LogP contribution in [0.5, 0.6) is 11.6 Å². The van der Waals surface area contributed by atoms with Crippen molar-refractivity contribution in [2.45, 2.75) is 0 Å². The summed E-state index contributed by atoms with van der Waals surface area (Å²) in [5.41, 5.74) is 0. The molecular weight excluding hydrogens is 245 g/mol. The first kappa shape index (κ1) is 11.6. The second-order valence-electron chi connectivity index (χ2n) is 3.15. The van der Waals surface area contributed by atoms with Crippen molar-refractivity contribution < 1.29 is 9.13 Å². The summed E-state index contributed by atoms with van der Waals surface area (Å²) >= 11 is 5.88. The fraction of sp³-hybridized carbons (Fsp3) is 0.0909. The van der Waals surface area contributed by atoms with E-state index in [1.807, 2.05) is 0 Å². The van der Waals surface area contributed by atoms with Gasteiger partial charge in [0.25, 0.3) is 0 Å². The summed E-state index contributed by atoms with van der Waals surface area (Å²) in [5, 5.41) is 3.05. The highest BCUT2D eigenvalue weighted by atomic mass is 35.5. The Hall–Kier alpha value is -1.88. The molecule has 0 atom stereocenters. The molecule has 2 rings (SSSR count). The molecule has 0 aliphatic rings. The van der Waals surface area contributed by atoms with Crippen molar-refractivity contribution in [1.29, 1.82) is 0 Å². The molecule has 1 aromatic heterocycles. The molecule has 88 valence electrons. The Morgan fingerprint density at radius 2 is 2.00 bits per heavy atom. The van der Waals surface area contributed by atoms with Gasteiger partial charge in [0.2, 0.25) is 11.8 Å². The van der Waals surface area contributed by atoms with Gasteiger partial charge < -0.3 is 10.1 Å². The van der Waals surface area contributed by atoms with Crippen LogP contribution in [-0.4, -0.2) is 17.0 Å². The van der Waals surface area contributed by atoms with Crippen LogP contribution in [0.1, 0.15) is 0 Å². The molecule has 0 aliphatic carbocycles. The second-order valence-corrected chi connectivity index (χ2v) is 3.56. The number of nitrogens with zero attached hydrogens (tertiary/aromatic N) is 2. The van der Waals surface area contributed by atoms with Crippen LogP contribution in [0.2, 0.25) is 5.02 Å². The van der Waals surface area contributed by atoms with Gasteiger partial charge in [-0.3, -0.25) is 0 Å². The molecule has 1 heterocycles. The van der Waals surface area contributed by atoms with Gasteiger partial charge in [-0.25, -0.2) is 9.37 Å². The zero-order valence-corrected chi connectivity index (χ0v) is 9.70. The van der Waals surface area contributed by atoms with E-state index < -0.39 is 0 Å². The van der Waals surface area contributed by atoms with Gasteiger partial charge in [-0.2, -0.15) is 4.98 Å². The van der Waals surface area contributed by atoms with Gasteiger partial charge in [-0.1, -0.05) is 11.6 Å². The molecule has 0 amide bonds. The highest BCUT2D eigenvalue weighted by Crippen LogP contribution is 2.27. The predicted octanol–water partition coefficient (Wildman–Crippen LogP) is 3.10. The van der Waals surface area contributed by atoms with E-state index in [0.29, 0.717) is 11.7 Å². The number of rotatable bonds is 3. The van der Waals surface area contributed by atoms with Crippen LogP contribution in [0.15, 0.2) is 30.5 Å². The molecular formula is C11H9ClFN3O. The minimum Gasteiger partial charge on any atom is -0.437 e. The minimum atomic E-state index is -0.331. The van der Waals surface area contributed by atoms with Crippen LogP contribution < -0.4 is 10.1 Å². The van der Waals surface area contributed by atoms with Crippen molar-refractivity contribution in [3.8, 4) is 11.6 Å². The van der Waals surface area contributed by atoms with Crippen molar-refractivity contribution >= 4 is 17.5 Å². The number of hydrogen-bond donors (Lipinski definition) is 1. The summed E-state index contributed by atoms with van der Waals surface area (Å²) in [6.07, 6.45) is 1.43. The van der Waals surface area contributed by atoms with Crippen molar-refractivity contribution in [2.24, 2.45) is 0 Å². The maximum atomic E-state index is 12.7. The Bertz CT molecular complexity index is 519. The number of anilines is 1. The van der Waals surface area contributed by atoms with Crippen LogP contribution in [0.25, 0.3) is 0 Å². The fourth-order valence-electron chi connectivity index (χ4n) is 1.16. The zero-order chi connectivity index (χ0) is 12.3. The van der Waals surface area contributed by atoms with E-state index in [9.17, 15) is 4.39 Å². The Morgan fingerprint density at radius 1 is 1.29 bits per heavy atom. The van der Waals surface area contributed by atoms with Crippen molar-refractivity contribution in [2.75, 3.05) is 12.4 Å². The Balaban J connectivity index is 2.25. The fourth-order valence-corrected chi connectivity index (χ4v) is 1.29. The molecule has 0 unspecified atom stereocenters. The summed E-state index contributed by atoms with van der Waals surface area (Å²) in [7, 11) is 1.69. The van der Waals surface area contributed by atoms with Gasteiger partial charge in [0, 0.05) is 7.05 Å². The monoisotopic (exact) mass is 253 g/mol. The number of nitrogens with one attached hydrogen (secondary N) is 1. The van der Waals surface area contributed by atoms with Crippen LogP contribution in [0.3, 0.4) is 0 Å². The Kier molecular flexibility index (Phi) is 3.39. The Labute approximate surface area is 102 Å². The molecule has 0 spiro atoms. The molecule has 1 aromatic carbocycles. The minimum absolute atomic E-state index is 0.220. The third-order valence-corrected chi connectivity index (χ3v) is 2.22. The second kappa shape index (κ2) is 4.97. The average Bonchev–Trinajstić information content (AvgIpc) is 2.35. The lowest BCUT2D eigenvalue weighted by Gasteiger charge is -2.07.